The van der Waals surface area contributed by atoms with Crippen LogP contribution in [0.1, 0.15) is 20.3 Å². The van der Waals surface area contributed by atoms with E-state index < -0.39 is 0 Å². The lowest BCUT2D eigenvalue weighted by Gasteiger charge is -2.10. The van der Waals surface area contributed by atoms with Crippen LogP contribution < -0.4 is 15.8 Å². The summed E-state index contributed by atoms with van der Waals surface area (Å²) < 4.78 is 5.39. The zero-order valence-electron chi connectivity index (χ0n) is 8.84. The molecule has 3 N–H and O–H groups in total. The third kappa shape index (κ3) is 2.83. The molecule has 0 aliphatic rings. The summed E-state index contributed by atoms with van der Waals surface area (Å²) in [5.74, 6) is 0.758. The van der Waals surface area contributed by atoms with Crippen LogP contribution >= 0.6 is 0 Å². The Hall–Kier alpha value is -1.38. The van der Waals surface area contributed by atoms with Gasteiger partial charge in [-0.05, 0) is 25.5 Å². The fourth-order valence-electron chi connectivity index (χ4n) is 1.19. The second kappa shape index (κ2) is 5.37. The lowest BCUT2D eigenvalue weighted by molar-refractivity contribution is 0.342. The average molecular weight is 194 g/mol. The number of rotatable bonds is 5. The molecular weight excluding hydrogens is 176 g/mol. The maximum absolute atomic E-state index is 5.75. The zero-order chi connectivity index (χ0) is 10.4. The molecule has 0 fully saturated rings. The minimum absolute atomic E-state index is 0.640. The topological polar surface area (TPSA) is 47.3 Å². The van der Waals surface area contributed by atoms with Crippen LogP contribution in [-0.4, -0.2) is 13.2 Å². The summed E-state index contributed by atoms with van der Waals surface area (Å²) in [6.45, 7) is 5.69. The second-order valence-corrected chi connectivity index (χ2v) is 3.11. The molecule has 0 heterocycles. The lowest BCUT2D eigenvalue weighted by atomic mass is 10.2. The first kappa shape index (κ1) is 10.7. The molecule has 78 valence electrons. The third-order valence-electron chi connectivity index (χ3n) is 1.89. The van der Waals surface area contributed by atoms with Crippen LogP contribution in [0.4, 0.5) is 11.4 Å². The van der Waals surface area contributed by atoms with Gasteiger partial charge in [0.05, 0.1) is 12.3 Å². The lowest BCUT2D eigenvalue weighted by Crippen LogP contribution is -2.02. The summed E-state index contributed by atoms with van der Waals surface area (Å²) >= 11 is 0. The zero-order valence-corrected chi connectivity index (χ0v) is 8.84. The van der Waals surface area contributed by atoms with Gasteiger partial charge in [0, 0.05) is 18.3 Å². The number of ether oxygens (including phenoxy) is 1. The van der Waals surface area contributed by atoms with Gasteiger partial charge in [0.25, 0.3) is 0 Å². The van der Waals surface area contributed by atoms with Gasteiger partial charge in [0.15, 0.2) is 0 Å². The first-order chi connectivity index (χ1) is 6.77. The van der Waals surface area contributed by atoms with Crippen molar-refractivity contribution >= 4 is 11.4 Å². The van der Waals surface area contributed by atoms with Crippen molar-refractivity contribution in [1.82, 2.24) is 0 Å². The summed E-state index contributed by atoms with van der Waals surface area (Å²) in [4.78, 5) is 0. The summed E-state index contributed by atoms with van der Waals surface area (Å²) in [6, 6.07) is 5.77. The van der Waals surface area contributed by atoms with Crippen LogP contribution in [0.25, 0.3) is 0 Å². The molecule has 1 aromatic carbocycles. The molecule has 14 heavy (non-hydrogen) atoms. The minimum atomic E-state index is 0.640. The first-order valence-corrected chi connectivity index (χ1v) is 5.04. The molecule has 0 saturated heterocycles. The number of nitrogen functional groups attached to an aromatic ring is 1. The SMILES string of the molecule is CCCNc1ccc(N)c(OCC)c1. The molecule has 1 aromatic rings. The Balaban J connectivity index is 2.72. The largest absolute Gasteiger partial charge is 0.492 e. The highest BCUT2D eigenvalue weighted by molar-refractivity contribution is 5.61. The predicted octanol–water partition coefficient (Wildman–Crippen LogP) is 2.49. The highest BCUT2D eigenvalue weighted by Gasteiger charge is 2.00. The van der Waals surface area contributed by atoms with Crippen LogP contribution in [0, 0.1) is 0 Å². The van der Waals surface area contributed by atoms with E-state index in [-0.39, 0.29) is 0 Å². The van der Waals surface area contributed by atoms with E-state index in [9.17, 15) is 0 Å². The molecule has 1 rings (SSSR count). The van der Waals surface area contributed by atoms with E-state index in [0.29, 0.717) is 12.3 Å². The molecule has 0 spiro atoms. The maximum atomic E-state index is 5.75. The molecule has 0 aliphatic heterocycles. The van der Waals surface area contributed by atoms with E-state index in [4.69, 9.17) is 10.5 Å². The molecule has 0 radical (unpaired) electrons. The molecular formula is C11H18N2O. The van der Waals surface area contributed by atoms with Crippen LogP contribution in [0.2, 0.25) is 0 Å². The fraction of sp³-hybridized carbons (Fsp3) is 0.455. The van der Waals surface area contributed by atoms with Crippen LogP contribution in [0.3, 0.4) is 0 Å². The number of hydrogen-bond donors (Lipinski definition) is 2. The number of hydrogen-bond acceptors (Lipinski definition) is 3. The van der Waals surface area contributed by atoms with Crippen molar-refractivity contribution in [3.05, 3.63) is 18.2 Å². The van der Waals surface area contributed by atoms with Crippen molar-refractivity contribution in [3.63, 3.8) is 0 Å². The van der Waals surface area contributed by atoms with E-state index in [0.717, 1.165) is 24.4 Å². The van der Waals surface area contributed by atoms with Gasteiger partial charge in [-0.25, -0.2) is 0 Å². The van der Waals surface area contributed by atoms with Crippen LogP contribution in [-0.2, 0) is 0 Å². The Morgan fingerprint density at radius 1 is 1.36 bits per heavy atom. The Bertz CT molecular complexity index is 287. The molecule has 0 bridgehead atoms. The summed E-state index contributed by atoms with van der Waals surface area (Å²) in [7, 11) is 0. The van der Waals surface area contributed by atoms with Crippen molar-refractivity contribution in [2.45, 2.75) is 20.3 Å². The molecule has 0 saturated carbocycles. The summed E-state index contributed by atoms with van der Waals surface area (Å²) in [5, 5.41) is 3.28. The second-order valence-electron chi connectivity index (χ2n) is 3.11. The molecule has 0 atom stereocenters. The normalized spacial score (nSPS) is 9.86. The molecule has 0 aromatic heterocycles. The summed E-state index contributed by atoms with van der Waals surface area (Å²) in [5.41, 5.74) is 7.50. The first-order valence-electron chi connectivity index (χ1n) is 5.04. The molecule has 0 unspecified atom stereocenters. The number of benzene rings is 1. The average Bonchev–Trinajstić information content (AvgIpc) is 2.19. The molecule has 3 nitrogen and oxygen atoms in total. The van der Waals surface area contributed by atoms with E-state index in [2.05, 4.69) is 12.2 Å². The smallest absolute Gasteiger partial charge is 0.144 e. The quantitative estimate of drug-likeness (QED) is 0.708. The van der Waals surface area contributed by atoms with Gasteiger partial charge in [-0.1, -0.05) is 6.92 Å². The van der Waals surface area contributed by atoms with Crippen LogP contribution in [0.5, 0.6) is 5.75 Å². The summed E-state index contributed by atoms with van der Waals surface area (Å²) in [6.07, 6.45) is 1.11. The van der Waals surface area contributed by atoms with Crippen molar-refractivity contribution < 1.29 is 4.74 Å². The number of nitrogens with two attached hydrogens (primary N) is 1. The van der Waals surface area contributed by atoms with Crippen LogP contribution in [0.15, 0.2) is 18.2 Å². The van der Waals surface area contributed by atoms with E-state index in [1.54, 1.807) is 0 Å². The van der Waals surface area contributed by atoms with Gasteiger partial charge in [-0.2, -0.15) is 0 Å². The molecule has 0 amide bonds. The monoisotopic (exact) mass is 194 g/mol. The van der Waals surface area contributed by atoms with E-state index in [1.807, 2.05) is 25.1 Å². The maximum Gasteiger partial charge on any atom is 0.144 e. The van der Waals surface area contributed by atoms with E-state index >= 15 is 0 Å². The van der Waals surface area contributed by atoms with Crippen molar-refractivity contribution in [2.24, 2.45) is 0 Å². The Labute approximate surface area is 85.3 Å². The van der Waals surface area contributed by atoms with Gasteiger partial charge >= 0.3 is 0 Å². The van der Waals surface area contributed by atoms with Crippen molar-refractivity contribution in [3.8, 4) is 5.75 Å². The Kier molecular flexibility index (Phi) is 4.11. The van der Waals surface area contributed by atoms with Gasteiger partial charge in [0.2, 0.25) is 0 Å². The van der Waals surface area contributed by atoms with Crippen molar-refractivity contribution in [1.29, 1.82) is 0 Å². The van der Waals surface area contributed by atoms with Gasteiger partial charge in [-0.3, -0.25) is 0 Å². The number of anilines is 2. The van der Waals surface area contributed by atoms with Gasteiger partial charge in [-0.15, -0.1) is 0 Å². The Morgan fingerprint density at radius 3 is 2.79 bits per heavy atom. The Morgan fingerprint density at radius 2 is 2.14 bits per heavy atom. The molecule has 0 aliphatic carbocycles. The number of nitrogens with one attached hydrogen (secondary N) is 1. The van der Waals surface area contributed by atoms with Crippen molar-refractivity contribution in [2.75, 3.05) is 24.2 Å². The van der Waals surface area contributed by atoms with Gasteiger partial charge in [0.1, 0.15) is 5.75 Å². The molecule has 3 heteroatoms. The highest BCUT2D eigenvalue weighted by atomic mass is 16.5. The highest BCUT2D eigenvalue weighted by Crippen LogP contribution is 2.25. The fourth-order valence-corrected chi connectivity index (χ4v) is 1.19. The standard InChI is InChI=1S/C11H18N2O/c1-3-7-13-9-5-6-10(12)11(8-9)14-4-2/h5-6,8,13H,3-4,7,12H2,1-2H3. The minimum Gasteiger partial charge on any atom is -0.492 e. The van der Waals surface area contributed by atoms with E-state index in [1.165, 1.54) is 0 Å². The van der Waals surface area contributed by atoms with Gasteiger partial charge < -0.3 is 15.8 Å². The third-order valence-corrected chi connectivity index (χ3v) is 1.89. The predicted molar refractivity (Wildman–Crippen MR) is 60.8 cm³/mol.